The van der Waals surface area contributed by atoms with Crippen LogP contribution in [0.2, 0.25) is 0 Å². The maximum absolute atomic E-state index is 11.5. The molecule has 1 rings (SSSR count). The minimum atomic E-state index is -0.628. The number of imide groups is 1. The molecule has 1 atom stereocenters. The number of amides is 2. The van der Waals surface area contributed by atoms with E-state index in [9.17, 15) is 14.7 Å². The van der Waals surface area contributed by atoms with Gasteiger partial charge >= 0.3 is 0 Å². The fraction of sp³-hybridized carbons (Fsp3) is 0.636. The average Bonchev–Trinajstić information content (AvgIpc) is 2.31. The molecular weight excluding hydrogens is 194 g/mol. The van der Waals surface area contributed by atoms with Crippen molar-refractivity contribution in [3.8, 4) is 0 Å². The molecule has 0 aromatic carbocycles. The Morgan fingerprint density at radius 3 is 2.40 bits per heavy atom. The van der Waals surface area contributed by atoms with Gasteiger partial charge < -0.3 is 5.11 Å². The molecule has 2 amide bonds. The van der Waals surface area contributed by atoms with Crippen LogP contribution in [-0.4, -0.2) is 34.5 Å². The van der Waals surface area contributed by atoms with Crippen molar-refractivity contribution in [1.29, 1.82) is 0 Å². The number of β-amino-alcohol motifs (C(OH)–C–C–N with tert-alkyl or cyclic N) is 1. The summed E-state index contributed by atoms with van der Waals surface area (Å²) >= 11 is 0. The Hall–Kier alpha value is -1.16. The zero-order valence-corrected chi connectivity index (χ0v) is 9.36. The minimum absolute atomic E-state index is 0.101. The molecule has 0 aliphatic carbocycles. The van der Waals surface area contributed by atoms with Crippen LogP contribution in [0.25, 0.3) is 0 Å². The molecule has 1 heterocycles. The summed E-state index contributed by atoms with van der Waals surface area (Å²) < 4.78 is 0. The molecule has 0 bridgehead atoms. The van der Waals surface area contributed by atoms with Gasteiger partial charge in [-0.15, -0.1) is 0 Å². The lowest BCUT2D eigenvalue weighted by Gasteiger charge is -2.19. The molecule has 4 heteroatoms. The molecule has 0 aromatic rings. The molecule has 0 radical (unpaired) electrons. The molecule has 84 valence electrons. The van der Waals surface area contributed by atoms with Gasteiger partial charge in [-0.2, -0.15) is 0 Å². The minimum Gasteiger partial charge on any atom is -0.391 e. The number of aliphatic hydroxyl groups excluding tert-OH is 1. The zero-order chi connectivity index (χ0) is 11.6. The van der Waals surface area contributed by atoms with E-state index in [2.05, 4.69) is 0 Å². The molecule has 1 aliphatic rings. The van der Waals surface area contributed by atoms with E-state index in [4.69, 9.17) is 0 Å². The predicted octanol–water partition coefficient (Wildman–Crippen LogP) is 0.708. The maximum Gasteiger partial charge on any atom is 0.256 e. The third kappa shape index (κ3) is 2.89. The molecule has 15 heavy (non-hydrogen) atoms. The van der Waals surface area contributed by atoms with Crippen LogP contribution in [0.3, 0.4) is 0 Å². The number of hydrogen-bond donors (Lipinski definition) is 1. The molecule has 0 saturated carbocycles. The Morgan fingerprint density at radius 2 is 2.00 bits per heavy atom. The van der Waals surface area contributed by atoms with E-state index in [0.29, 0.717) is 17.9 Å². The van der Waals surface area contributed by atoms with Gasteiger partial charge in [-0.05, 0) is 19.3 Å². The lowest BCUT2D eigenvalue weighted by Crippen LogP contribution is -2.38. The van der Waals surface area contributed by atoms with Gasteiger partial charge in [0.15, 0.2) is 0 Å². The summed E-state index contributed by atoms with van der Waals surface area (Å²) in [5, 5.41) is 9.63. The number of hydrogen-bond acceptors (Lipinski definition) is 3. The summed E-state index contributed by atoms with van der Waals surface area (Å²) in [6, 6.07) is 0. The van der Waals surface area contributed by atoms with Crippen molar-refractivity contribution >= 4 is 11.8 Å². The molecular formula is C11H17NO3. The highest BCUT2D eigenvalue weighted by molar-refractivity contribution is 6.15. The van der Waals surface area contributed by atoms with Crippen LogP contribution in [0, 0.1) is 5.92 Å². The maximum atomic E-state index is 11.5. The van der Waals surface area contributed by atoms with E-state index < -0.39 is 6.10 Å². The highest BCUT2D eigenvalue weighted by Gasteiger charge is 2.29. The Morgan fingerprint density at radius 1 is 1.40 bits per heavy atom. The second kappa shape index (κ2) is 4.57. The van der Waals surface area contributed by atoms with Crippen LogP contribution in [0.1, 0.15) is 27.2 Å². The fourth-order valence-corrected chi connectivity index (χ4v) is 1.64. The number of rotatable bonds is 4. The monoisotopic (exact) mass is 211 g/mol. The van der Waals surface area contributed by atoms with Crippen molar-refractivity contribution in [3.05, 3.63) is 11.6 Å². The van der Waals surface area contributed by atoms with Crippen molar-refractivity contribution in [3.63, 3.8) is 0 Å². The lowest BCUT2D eigenvalue weighted by molar-refractivity contribution is -0.139. The third-order valence-corrected chi connectivity index (χ3v) is 2.33. The first-order valence-electron chi connectivity index (χ1n) is 5.14. The third-order valence-electron chi connectivity index (χ3n) is 2.33. The number of carbonyl (C=O) groups excluding carboxylic acids is 2. The number of nitrogens with zero attached hydrogens (tertiary/aromatic N) is 1. The molecule has 0 spiro atoms. The first kappa shape index (κ1) is 11.9. The molecule has 1 unspecified atom stereocenters. The predicted molar refractivity (Wildman–Crippen MR) is 55.9 cm³/mol. The highest BCUT2D eigenvalue weighted by Crippen LogP contribution is 2.14. The molecule has 0 saturated heterocycles. The molecule has 4 nitrogen and oxygen atoms in total. The van der Waals surface area contributed by atoms with Gasteiger partial charge in [-0.3, -0.25) is 14.5 Å². The Labute approximate surface area is 89.6 Å². The van der Waals surface area contributed by atoms with E-state index in [1.165, 1.54) is 6.08 Å². The van der Waals surface area contributed by atoms with Gasteiger partial charge in [-0.1, -0.05) is 13.8 Å². The fourth-order valence-electron chi connectivity index (χ4n) is 1.64. The summed E-state index contributed by atoms with van der Waals surface area (Å²) in [6.07, 6.45) is 1.28. The molecule has 1 N–H and O–H groups in total. The number of carbonyl (C=O) groups is 2. The van der Waals surface area contributed by atoms with E-state index in [0.717, 1.165) is 4.90 Å². The van der Waals surface area contributed by atoms with Gasteiger partial charge in [0.1, 0.15) is 0 Å². The van der Waals surface area contributed by atoms with Crippen molar-refractivity contribution in [2.45, 2.75) is 33.3 Å². The molecule has 0 fully saturated rings. The van der Waals surface area contributed by atoms with Crippen molar-refractivity contribution in [1.82, 2.24) is 4.90 Å². The summed E-state index contributed by atoms with van der Waals surface area (Å²) in [5.74, 6) is -0.259. The Balaban J connectivity index is 2.54. The van der Waals surface area contributed by atoms with Crippen molar-refractivity contribution < 1.29 is 14.7 Å². The normalized spacial score (nSPS) is 18.7. The quantitative estimate of drug-likeness (QED) is 0.697. The lowest BCUT2D eigenvalue weighted by atomic mass is 10.1. The average molecular weight is 211 g/mol. The van der Waals surface area contributed by atoms with Gasteiger partial charge in [0.25, 0.3) is 11.8 Å². The van der Waals surface area contributed by atoms with E-state index in [1.807, 2.05) is 13.8 Å². The van der Waals surface area contributed by atoms with Gasteiger partial charge in [0, 0.05) is 11.6 Å². The van der Waals surface area contributed by atoms with Crippen LogP contribution in [-0.2, 0) is 9.59 Å². The first-order chi connectivity index (χ1) is 6.91. The van der Waals surface area contributed by atoms with Crippen molar-refractivity contribution in [2.24, 2.45) is 5.92 Å². The summed E-state index contributed by atoms with van der Waals surface area (Å²) in [7, 11) is 0. The summed E-state index contributed by atoms with van der Waals surface area (Å²) in [4.78, 5) is 23.9. The number of aliphatic hydroxyl groups is 1. The smallest absolute Gasteiger partial charge is 0.256 e. The SMILES string of the molecule is CC1=CC(=O)N(CC(O)CC(C)C)C1=O. The van der Waals surface area contributed by atoms with Gasteiger partial charge in [0.05, 0.1) is 12.6 Å². The molecule has 1 aliphatic heterocycles. The van der Waals surface area contributed by atoms with E-state index >= 15 is 0 Å². The first-order valence-corrected chi connectivity index (χ1v) is 5.14. The summed E-state index contributed by atoms with van der Waals surface area (Å²) in [6.45, 7) is 5.68. The second-order valence-corrected chi connectivity index (χ2v) is 4.36. The molecule has 0 aromatic heterocycles. The van der Waals surface area contributed by atoms with Crippen LogP contribution >= 0.6 is 0 Å². The second-order valence-electron chi connectivity index (χ2n) is 4.36. The van der Waals surface area contributed by atoms with Crippen molar-refractivity contribution in [2.75, 3.05) is 6.54 Å². The van der Waals surface area contributed by atoms with Gasteiger partial charge in [-0.25, -0.2) is 0 Å². The van der Waals surface area contributed by atoms with Crippen LogP contribution in [0.5, 0.6) is 0 Å². The zero-order valence-electron chi connectivity index (χ0n) is 9.36. The van der Waals surface area contributed by atoms with Crippen LogP contribution in [0.4, 0.5) is 0 Å². The van der Waals surface area contributed by atoms with E-state index in [1.54, 1.807) is 6.92 Å². The van der Waals surface area contributed by atoms with Crippen LogP contribution < -0.4 is 0 Å². The highest BCUT2D eigenvalue weighted by atomic mass is 16.3. The standard InChI is InChI=1S/C11H17NO3/c1-7(2)4-9(13)6-12-10(14)5-8(3)11(12)15/h5,7,9,13H,4,6H2,1-3H3. The van der Waals surface area contributed by atoms with Crippen LogP contribution in [0.15, 0.2) is 11.6 Å². The Kier molecular flexibility index (Phi) is 3.63. The van der Waals surface area contributed by atoms with E-state index in [-0.39, 0.29) is 18.4 Å². The Bertz CT molecular complexity index is 307. The van der Waals surface area contributed by atoms with Gasteiger partial charge in [0.2, 0.25) is 0 Å². The largest absolute Gasteiger partial charge is 0.391 e. The topological polar surface area (TPSA) is 57.6 Å². The summed E-state index contributed by atoms with van der Waals surface area (Å²) in [5.41, 5.74) is 0.441.